The molecule has 1 fully saturated rings. The Morgan fingerprint density at radius 2 is 2.05 bits per heavy atom. The maximum atomic E-state index is 11.1. The van der Waals surface area contributed by atoms with Crippen molar-refractivity contribution in [3.8, 4) is 0 Å². The molecule has 1 aromatic rings. The Morgan fingerprint density at radius 3 is 2.70 bits per heavy atom. The summed E-state index contributed by atoms with van der Waals surface area (Å²) in [6.07, 6.45) is 5.89. The van der Waals surface area contributed by atoms with Crippen molar-refractivity contribution in [3.63, 3.8) is 0 Å². The first-order valence-electron chi connectivity index (χ1n) is 7.36. The highest BCUT2D eigenvalue weighted by atomic mass is 16.3. The van der Waals surface area contributed by atoms with E-state index in [0.717, 1.165) is 24.9 Å². The van der Waals surface area contributed by atoms with Crippen LogP contribution in [-0.4, -0.2) is 24.2 Å². The molecule has 110 valence electrons. The molecule has 1 aliphatic carbocycles. The second-order valence-corrected chi connectivity index (χ2v) is 5.89. The number of carbonyl (C=O) groups excluding carboxylic acids is 1. The van der Waals surface area contributed by atoms with Gasteiger partial charge in [0.15, 0.2) is 0 Å². The molecule has 0 spiro atoms. The van der Waals surface area contributed by atoms with Gasteiger partial charge in [-0.2, -0.15) is 0 Å². The molecular weight excluding hydrogens is 252 g/mol. The zero-order valence-electron chi connectivity index (χ0n) is 11.9. The summed E-state index contributed by atoms with van der Waals surface area (Å²) in [5.41, 5.74) is 6.91. The minimum Gasteiger partial charge on any atom is -0.396 e. The average molecular weight is 276 g/mol. The maximum absolute atomic E-state index is 11.1. The Balaban J connectivity index is 1.88. The molecule has 1 amide bonds. The monoisotopic (exact) mass is 276 g/mol. The lowest BCUT2D eigenvalue weighted by Gasteiger charge is -2.35. The number of nitrogens with one attached hydrogen (secondary N) is 1. The van der Waals surface area contributed by atoms with Crippen molar-refractivity contribution in [2.45, 2.75) is 38.6 Å². The van der Waals surface area contributed by atoms with Crippen LogP contribution in [0.3, 0.4) is 0 Å². The van der Waals surface area contributed by atoms with Crippen LogP contribution < -0.4 is 11.1 Å². The summed E-state index contributed by atoms with van der Waals surface area (Å²) in [5.74, 6) is -0.397. The van der Waals surface area contributed by atoms with Gasteiger partial charge in [0.2, 0.25) is 5.91 Å². The Labute approximate surface area is 120 Å². The summed E-state index contributed by atoms with van der Waals surface area (Å²) in [5, 5.41) is 13.1. The highest BCUT2D eigenvalue weighted by molar-refractivity contribution is 5.92. The molecule has 1 saturated carbocycles. The number of nitrogens with two attached hydrogens (primary N) is 1. The average Bonchev–Trinajstić information content (AvgIpc) is 2.48. The third kappa shape index (κ3) is 3.81. The van der Waals surface area contributed by atoms with Crippen LogP contribution in [-0.2, 0) is 6.54 Å². The van der Waals surface area contributed by atoms with E-state index in [1.165, 1.54) is 19.3 Å². The third-order valence-corrected chi connectivity index (χ3v) is 4.29. The van der Waals surface area contributed by atoms with E-state index in [1.807, 2.05) is 18.2 Å². The quantitative estimate of drug-likeness (QED) is 0.742. The van der Waals surface area contributed by atoms with Gasteiger partial charge in [0.25, 0.3) is 0 Å². The van der Waals surface area contributed by atoms with Gasteiger partial charge in [0.05, 0.1) is 0 Å². The second-order valence-electron chi connectivity index (χ2n) is 5.89. The fourth-order valence-corrected chi connectivity index (χ4v) is 3.00. The van der Waals surface area contributed by atoms with E-state index in [1.54, 1.807) is 6.07 Å². The molecule has 0 aliphatic heterocycles. The number of hydrogen-bond donors (Lipinski definition) is 3. The zero-order chi connectivity index (χ0) is 14.4. The van der Waals surface area contributed by atoms with Crippen LogP contribution in [0.2, 0.25) is 0 Å². The number of aliphatic hydroxyl groups excluding tert-OH is 1. The molecule has 4 N–H and O–H groups in total. The Hall–Kier alpha value is -1.39. The maximum Gasteiger partial charge on any atom is 0.248 e. The van der Waals surface area contributed by atoms with Gasteiger partial charge in [-0.15, -0.1) is 0 Å². The molecule has 20 heavy (non-hydrogen) atoms. The molecule has 0 atom stereocenters. The van der Waals surface area contributed by atoms with E-state index in [0.29, 0.717) is 12.1 Å². The Morgan fingerprint density at radius 1 is 1.30 bits per heavy atom. The van der Waals surface area contributed by atoms with Gasteiger partial charge < -0.3 is 16.2 Å². The topological polar surface area (TPSA) is 75.4 Å². The first kappa shape index (κ1) is 15.0. The number of hydrogen-bond acceptors (Lipinski definition) is 3. The fourth-order valence-electron chi connectivity index (χ4n) is 3.00. The minimum atomic E-state index is -0.397. The van der Waals surface area contributed by atoms with E-state index >= 15 is 0 Å². The van der Waals surface area contributed by atoms with E-state index in [-0.39, 0.29) is 12.0 Å². The summed E-state index contributed by atoms with van der Waals surface area (Å²) in [6, 6.07) is 7.37. The summed E-state index contributed by atoms with van der Waals surface area (Å²) >= 11 is 0. The van der Waals surface area contributed by atoms with Crippen molar-refractivity contribution in [2.24, 2.45) is 11.1 Å². The van der Waals surface area contributed by atoms with E-state index in [2.05, 4.69) is 5.32 Å². The van der Waals surface area contributed by atoms with Gasteiger partial charge in [-0.05, 0) is 30.5 Å². The Bertz CT molecular complexity index is 454. The molecule has 0 heterocycles. The van der Waals surface area contributed by atoms with Crippen LogP contribution in [0.4, 0.5) is 0 Å². The molecule has 4 nitrogen and oxygen atoms in total. The van der Waals surface area contributed by atoms with E-state index < -0.39 is 5.91 Å². The summed E-state index contributed by atoms with van der Waals surface area (Å²) in [7, 11) is 0. The molecule has 0 aromatic heterocycles. The van der Waals surface area contributed by atoms with Crippen molar-refractivity contribution in [1.29, 1.82) is 0 Å². The second kappa shape index (κ2) is 6.86. The van der Waals surface area contributed by atoms with Gasteiger partial charge in [-0.25, -0.2) is 0 Å². The molecule has 0 unspecified atom stereocenters. The van der Waals surface area contributed by atoms with Gasteiger partial charge in [0, 0.05) is 30.7 Å². The van der Waals surface area contributed by atoms with Crippen LogP contribution in [0.25, 0.3) is 0 Å². The van der Waals surface area contributed by atoms with E-state index in [9.17, 15) is 9.90 Å². The molecular formula is C16H24N2O2. The van der Waals surface area contributed by atoms with Crippen molar-refractivity contribution < 1.29 is 9.90 Å². The van der Waals surface area contributed by atoms with Crippen molar-refractivity contribution in [1.82, 2.24) is 5.32 Å². The number of benzene rings is 1. The van der Waals surface area contributed by atoms with Crippen molar-refractivity contribution in [2.75, 3.05) is 13.2 Å². The zero-order valence-corrected chi connectivity index (χ0v) is 11.9. The molecule has 0 saturated heterocycles. The summed E-state index contributed by atoms with van der Waals surface area (Å²) in [6.45, 7) is 1.77. The predicted octanol–water partition coefficient (Wildman–Crippen LogP) is 1.82. The lowest BCUT2D eigenvalue weighted by atomic mass is 9.74. The number of aliphatic hydroxyl groups is 1. The standard InChI is InChI=1S/C16H24N2O2/c17-15(20)14-6-4-5-13(9-14)10-18-11-16(12-19)7-2-1-3-8-16/h4-6,9,18-19H,1-3,7-8,10-12H2,(H2,17,20). The lowest BCUT2D eigenvalue weighted by molar-refractivity contribution is 0.0810. The predicted molar refractivity (Wildman–Crippen MR) is 79.3 cm³/mol. The van der Waals surface area contributed by atoms with E-state index in [4.69, 9.17) is 5.73 Å². The first-order valence-corrected chi connectivity index (χ1v) is 7.36. The molecule has 1 aliphatic rings. The third-order valence-electron chi connectivity index (χ3n) is 4.29. The van der Waals surface area contributed by atoms with Crippen LogP contribution in [0.5, 0.6) is 0 Å². The van der Waals surface area contributed by atoms with Crippen molar-refractivity contribution >= 4 is 5.91 Å². The molecule has 0 radical (unpaired) electrons. The number of rotatable bonds is 6. The van der Waals surface area contributed by atoms with Crippen molar-refractivity contribution in [3.05, 3.63) is 35.4 Å². The minimum absolute atomic E-state index is 0.0412. The van der Waals surface area contributed by atoms with Gasteiger partial charge in [-0.3, -0.25) is 4.79 Å². The molecule has 1 aromatic carbocycles. The van der Waals surface area contributed by atoms with Gasteiger partial charge in [-0.1, -0.05) is 31.4 Å². The van der Waals surface area contributed by atoms with Crippen LogP contribution in [0, 0.1) is 5.41 Å². The normalized spacial score (nSPS) is 17.9. The highest BCUT2D eigenvalue weighted by Gasteiger charge is 2.30. The number of amides is 1. The molecule has 4 heteroatoms. The SMILES string of the molecule is NC(=O)c1cccc(CNCC2(CO)CCCCC2)c1. The molecule has 2 rings (SSSR count). The molecule has 0 bridgehead atoms. The van der Waals surface area contributed by atoms with Gasteiger partial charge >= 0.3 is 0 Å². The van der Waals surface area contributed by atoms with Crippen LogP contribution >= 0.6 is 0 Å². The fraction of sp³-hybridized carbons (Fsp3) is 0.562. The lowest BCUT2D eigenvalue weighted by Crippen LogP contribution is -2.38. The summed E-state index contributed by atoms with van der Waals surface area (Å²) < 4.78 is 0. The van der Waals surface area contributed by atoms with Crippen LogP contribution in [0.1, 0.15) is 48.0 Å². The number of primary amides is 1. The smallest absolute Gasteiger partial charge is 0.248 e. The summed E-state index contributed by atoms with van der Waals surface area (Å²) in [4.78, 5) is 11.1. The Kier molecular flexibility index (Phi) is 5.15. The highest BCUT2D eigenvalue weighted by Crippen LogP contribution is 2.35. The number of carbonyl (C=O) groups is 1. The van der Waals surface area contributed by atoms with Crippen LogP contribution in [0.15, 0.2) is 24.3 Å². The largest absolute Gasteiger partial charge is 0.396 e. The first-order chi connectivity index (χ1) is 9.65. The van der Waals surface area contributed by atoms with Gasteiger partial charge in [0.1, 0.15) is 0 Å².